The SMILES string of the molecule is CNC1C(O)C(NC)C2OC3(O)C(OCCC3(O)CNc3ccccc3)OC2C1O. The molecule has 10 heteroatoms. The van der Waals surface area contributed by atoms with Crippen molar-refractivity contribution in [3.8, 4) is 0 Å². The van der Waals surface area contributed by atoms with Crippen molar-refractivity contribution in [2.45, 2.75) is 60.6 Å². The zero-order valence-corrected chi connectivity index (χ0v) is 17.1. The van der Waals surface area contributed by atoms with Crippen LogP contribution in [0.4, 0.5) is 5.69 Å². The summed E-state index contributed by atoms with van der Waals surface area (Å²) >= 11 is 0. The Labute approximate surface area is 175 Å². The Morgan fingerprint density at radius 3 is 2.37 bits per heavy atom. The van der Waals surface area contributed by atoms with E-state index in [1.165, 1.54) is 0 Å². The molecule has 1 aliphatic carbocycles. The molecule has 0 radical (unpaired) electrons. The molecule has 9 unspecified atom stereocenters. The van der Waals surface area contributed by atoms with Crippen LogP contribution in [0.25, 0.3) is 0 Å². The molecule has 3 aliphatic rings. The molecule has 2 aliphatic heterocycles. The van der Waals surface area contributed by atoms with Gasteiger partial charge in [0.1, 0.15) is 23.9 Å². The summed E-state index contributed by atoms with van der Waals surface area (Å²) in [6.45, 7) is 0.132. The highest BCUT2D eigenvalue weighted by molar-refractivity contribution is 5.43. The number of ether oxygens (including phenoxy) is 3. The summed E-state index contributed by atoms with van der Waals surface area (Å²) in [5.41, 5.74) is -0.953. The maximum atomic E-state index is 11.5. The molecule has 2 saturated heterocycles. The fourth-order valence-electron chi connectivity index (χ4n) is 4.71. The van der Waals surface area contributed by atoms with Crippen LogP contribution in [0, 0.1) is 0 Å². The molecular weight excluding hydrogens is 394 g/mol. The van der Waals surface area contributed by atoms with E-state index in [1.54, 1.807) is 14.1 Å². The molecule has 1 saturated carbocycles. The molecule has 3 fully saturated rings. The van der Waals surface area contributed by atoms with Crippen LogP contribution in [0.2, 0.25) is 0 Å². The number of aliphatic hydroxyl groups excluding tert-OH is 2. The Morgan fingerprint density at radius 1 is 1.00 bits per heavy atom. The molecule has 0 amide bonds. The summed E-state index contributed by atoms with van der Waals surface area (Å²) in [5, 5.41) is 53.3. The Kier molecular flexibility index (Phi) is 6.05. The van der Waals surface area contributed by atoms with Crippen LogP contribution in [0.15, 0.2) is 30.3 Å². The molecule has 2 heterocycles. The summed E-state index contributed by atoms with van der Waals surface area (Å²) in [6.07, 6.45) is -5.11. The van der Waals surface area contributed by atoms with E-state index in [9.17, 15) is 20.4 Å². The van der Waals surface area contributed by atoms with E-state index in [-0.39, 0.29) is 19.6 Å². The van der Waals surface area contributed by atoms with Crippen molar-refractivity contribution in [3.05, 3.63) is 30.3 Å². The zero-order valence-electron chi connectivity index (χ0n) is 17.1. The van der Waals surface area contributed by atoms with Crippen LogP contribution in [-0.2, 0) is 14.2 Å². The van der Waals surface area contributed by atoms with Gasteiger partial charge in [-0.3, -0.25) is 0 Å². The normalized spacial score (nSPS) is 46.0. The van der Waals surface area contributed by atoms with Crippen molar-refractivity contribution < 1.29 is 34.6 Å². The molecule has 0 aromatic heterocycles. The number of likely N-dealkylation sites (N-methyl/N-ethyl adjacent to an activating group) is 2. The van der Waals surface area contributed by atoms with Gasteiger partial charge in [-0.25, -0.2) is 0 Å². The quantitative estimate of drug-likeness (QED) is 0.282. The van der Waals surface area contributed by atoms with E-state index in [0.29, 0.717) is 0 Å². The predicted octanol–water partition coefficient (Wildman–Crippen LogP) is -2.04. The van der Waals surface area contributed by atoms with Gasteiger partial charge in [0, 0.05) is 18.7 Å². The number of hydrogen-bond donors (Lipinski definition) is 7. The highest BCUT2D eigenvalue weighted by Gasteiger charge is 2.67. The van der Waals surface area contributed by atoms with Crippen LogP contribution in [0.3, 0.4) is 0 Å². The fraction of sp³-hybridized carbons (Fsp3) is 0.700. The Balaban J connectivity index is 1.60. The molecule has 9 atom stereocenters. The van der Waals surface area contributed by atoms with Gasteiger partial charge in [-0.05, 0) is 26.2 Å². The van der Waals surface area contributed by atoms with Crippen molar-refractivity contribution in [2.75, 3.05) is 32.6 Å². The molecule has 30 heavy (non-hydrogen) atoms. The molecule has 10 nitrogen and oxygen atoms in total. The molecule has 1 aromatic carbocycles. The second-order valence-corrected chi connectivity index (χ2v) is 8.19. The molecular formula is C20H31N3O7. The van der Waals surface area contributed by atoms with Crippen molar-refractivity contribution in [3.63, 3.8) is 0 Å². The predicted molar refractivity (Wildman–Crippen MR) is 107 cm³/mol. The topological polar surface area (TPSA) is 145 Å². The van der Waals surface area contributed by atoms with E-state index < -0.39 is 54.2 Å². The average molecular weight is 425 g/mol. The number of aliphatic hydroxyl groups is 4. The van der Waals surface area contributed by atoms with Crippen LogP contribution < -0.4 is 16.0 Å². The fourth-order valence-corrected chi connectivity index (χ4v) is 4.71. The molecule has 0 bridgehead atoms. The van der Waals surface area contributed by atoms with Gasteiger partial charge in [-0.2, -0.15) is 0 Å². The first-order chi connectivity index (χ1) is 14.3. The average Bonchev–Trinajstić information content (AvgIpc) is 2.74. The first-order valence-corrected chi connectivity index (χ1v) is 10.2. The maximum Gasteiger partial charge on any atom is 0.250 e. The van der Waals surface area contributed by atoms with Gasteiger partial charge in [0.2, 0.25) is 12.1 Å². The lowest BCUT2D eigenvalue weighted by molar-refractivity contribution is -0.474. The molecule has 168 valence electrons. The highest BCUT2D eigenvalue weighted by atomic mass is 16.8. The van der Waals surface area contributed by atoms with E-state index in [2.05, 4.69) is 16.0 Å². The monoisotopic (exact) mass is 425 g/mol. The minimum atomic E-state index is -2.20. The van der Waals surface area contributed by atoms with Gasteiger partial charge in [-0.15, -0.1) is 0 Å². The van der Waals surface area contributed by atoms with E-state index in [4.69, 9.17) is 14.2 Å². The van der Waals surface area contributed by atoms with E-state index >= 15 is 0 Å². The van der Waals surface area contributed by atoms with Crippen LogP contribution in [0.5, 0.6) is 0 Å². The minimum Gasteiger partial charge on any atom is -0.390 e. The number of fused-ring (bicyclic) bond motifs is 2. The number of anilines is 1. The number of para-hydroxylation sites is 1. The minimum absolute atomic E-state index is 0.0113. The van der Waals surface area contributed by atoms with Gasteiger partial charge in [0.15, 0.2) is 0 Å². The summed E-state index contributed by atoms with van der Waals surface area (Å²) < 4.78 is 17.6. The zero-order chi connectivity index (χ0) is 21.5. The van der Waals surface area contributed by atoms with E-state index in [0.717, 1.165) is 5.69 Å². The second-order valence-electron chi connectivity index (χ2n) is 8.19. The highest BCUT2D eigenvalue weighted by Crippen LogP contribution is 2.45. The number of hydrogen-bond acceptors (Lipinski definition) is 10. The Bertz CT molecular complexity index is 728. The van der Waals surface area contributed by atoms with Crippen molar-refractivity contribution >= 4 is 5.69 Å². The van der Waals surface area contributed by atoms with Crippen LogP contribution in [-0.4, -0.2) is 102 Å². The molecule has 0 spiro atoms. The summed E-state index contributed by atoms with van der Waals surface area (Å²) in [6, 6.07) is 7.97. The van der Waals surface area contributed by atoms with Crippen molar-refractivity contribution in [1.82, 2.24) is 10.6 Å². The molecule has 4 rings (SSSR count). The lowest BCUT2D eigenvalue weighted by Crippen LogP contribution is -2.80. The number of rotatable bonds is 5. The van der Waals surface area contributed by atoms with Gasteiger partial charge in [0.05, 0.1) is 24.8 Å². The number of nitrogens with one attached hydrogen (secondary N) is 3. The van der Waals surface area contributed by atoms with Crippen molar-refractivity contribution in [1.29, 1.82) is 0 Å². The smallest absolute Gasteiger partial charge is 0.250 e. The van der Waals surface area contributed by atoms with Crippen LogP contribution >= 0.6 is 0 Å². The Hall–Kier alpha value is -1.34. The third-order valence-electron chi connectivity index (χ3n) is 6.51. The van der Waals surface area contributed by atoms with Gasteiger partial charge in [0.25, 0.3) is 0 Å². The van der Waals surface area contributed by atoms with E-state index in [1.807, 2.05) is 30.3 Å². The molecule has 1 aromatic rings. The third-order valence-corrected chi connectivity index (χ3v) is 6.51. The third kappa shape index (κ3) is 3.42. The first kappa shape index (κ1) is 21.9. The lowest BCUT2D eigenvalue weighted by atomic mass is 9.78. The summed E-state index contributed by atoms with van der Waals surface area (Å²) in [5.74, 6) is -2.20. The van der Waals surface area contributed by atoms with Gasteiger partial charge < -0.3 is 50.6 Å². The van der Waals surface area contributed by atoms with Gasteiger partial charge >= 0.3 is 0 Å². The second kappa shape index (κ2) is 8.30. The standard InChI is InChI=1S/C20H31N3O7/c1-21-12-14(24)13(22-2)16-17(15(12)25)29-18-20(27,30-16)19(26,8-9-28-18)10-23-11-6-4-3-5-7-11/h3-7,12-18,21-27H,8-10H2,1-2H3. The Morgan fingerprint density at radius 2 is 1.70 bits per heavy atom. The summed E-state index contributed by atoms with van der Waals surface area (Å²) in [4.78, 5) is 0. The summed E-state index contributed by atoms with van der Waals surface area (Å²) in [7, 11) is 3.28. The lowest BCUT2D eigenvalue weighted by Gasteiger charge is -2.59. The van der Waals surface area contributed by atoms with Gasteiger partial charge in [-0.1, -0.05) is 18.2 Å². The van der Waals surface area contributed by atoms with Crippen molar-refractivity contribution in [2.24, 2.45) is 0 Å². The number of benzene rings is 1. The maximum absolute atomic E-state index is 11.5. The first-order valence-electron chi connectivity index (χ1n) is 10.2. The molecule has 7 N–H and O–H groups in total. The largest absolute Gasteiger partial charge is 0.390 e. The van der Waals surface area contributed by atoms with Crippen LogP contribution in [0.1, 0.15) is 6.42 Å².